The first-order valence-corrected chi connectivity index (χ1v) is 9.08. The molecule has 7 nitrogen and oxygen atoms in total. The summed E-state index contributed by atoms with van der Waals surface area (Å²) in [6.07, 6.45) is 0. The van der Waals surface area contributed by atoms with E-state index in [-0.39, 0.29) is 16.6 Å². The number of nitro groups is 1. The summed E-state index contributed by atoms with van der Waals surface area (Å²) >= 11 is 1.69. The topological polar surface area (TPSA) is 92.6 Å². The van der Waals surface area contributed by atoms with Gasteiger partial charge < -0.3 is 4.90 Å². The molecule has 1 aromatic rings. The van der Waals surface area contributed by atoms with E-state index >= 15 is 0 Å². The van der Waals surface area contributed by atoms with Crippen LogP contribution in [0.4, 0.5) is 11.4 Å². The van der Waals surface area contributed by atoms with E-state index < -0.39 is 14.9 Å². The molecule has 0 saturated carbocycles. The average molecular weight is 331 g/mol. The Morgan fingerprint density at radius 1 is 1.43 bits per heavy atom. The second kappa shape index (κ2) is 6.20. The van der Waals surface area contributed by atoms with Crippen LogP contribution in [0.15, 0.2) is 23.1 Å². The van der Waals surface area contributed by atoms with Crippen molar-refractivity contribution >= 4 is 33.2 Å². The van der Waals surface area contributed by atoms with Gasteiger partial charge >= 0.3 is 0 Å². The van der Waals surface area contributed by atoms with Gasteiger partial charge in [0.15, 0.2) is 0 Å². The summed E-state index contributed by atoms with van der Waals surface area (Å²) in [6.45, 7) is 4.12. The third-order valence-corrected chi connectivity index (χ3v) is 5.56. The number of sulfonamides is 1. The van der Waals surface area contributed by atoms with E-state index in [1.807, 2.05) is 4.90 Å². The highest BCUT2D eigenvalue weighted by Crippen LogP contribution is 2.33. The van der Waals surface area contributed by atoms with Crippen LogP contribution in [-0.4, -0.2) is 37.6 Å². The predicted molar refractivity (Wildman–Crippen MR) is 83.2 cm³/mol. The molecule has 9 heteroatoms. The van der Waals surface area contributed by atoms with Gasteiger partial charge in [-0.25, -0.2) is 13.1 Å². The lowest BCUT2D eigenvalue weighted by Crippen LogP contribution is -2.30. The van der Waals surface area contributed by atoms with Crippen molar-refractivity contribution in [2.24, 2.45) is 0 Å². The van der Waals surface area contributed by atoms with Crippen molar-refractivity contribution in [2.75, 3.05) is 23.1 Å². The monoisotopic (exact) mass is 331 g/mol. The zero-order valence-corrected chi connectivity index (χ0v) is 13.4. The molecule has 0 aliphatic carbocycles. The molecule has 0 unspecified atom stereocenters. The van der Waals surface area contributed by atoms with Crippen LogP contribution in [0.2, 0.25) is 0 Å². The smallest absolute Gasteiger partial charge is 0.293 e. The van der Waals surface area contributed by atoms with Crippen LogP contribution in [0, 0.1) is 10.1 Å². The number of rotatable bonds is 5. The van der Waals surface area contributed by atoms with Crippen LogP contribution in [0.1, 0.15) is 13.8 Å². The van der Waals surface area contributed by atoms with Gasteiger partial charge in [-0.3, -0.25) is 10.1 Å². The van der Waals surface area contributed by atoms with Crippen molar-refractivity contribution in [1.82, 2.24) is 4.72 Å². The van der Waals surface area contributed by atoms with Gasteiger partial charge in [0, 0.05) is 24.4 Å². The fourth-order valence-electron chi connectivity index (χ4n) is 2.07. The largest absolute Gasteiger partial charge is 0.356 e. The van der Waals surface area contributed by atoms with Crippen molar-refractivity contribution in [3.63, 3.8) is 0 Å². The SMILES string of the molecule is CC(C)NS(=O)(=O)c1ccc(N2CCSC2)c([N+](=O)[O-])c1. The molecular weight excluding hydrogens is 314 g/mol. The van der Waals surface area contributed by atoms with Gasteiger partial charge in [-0.2, -0.15) is 0 Å². The molecule has 0 atom stereocenters. The fraction of sp³-hybridized carbons (Fsp3) is 0.500. The van der Waals surface area contributed by atoms with E-state index in [9.17, 15) is 18.5 Å². The minimum absolute atomic E-state index is 0.0847. The van der Waals surface area contributed by atoms with E-state index in [0.717, 1.165) is 18.4 Å². The van der Waals surface area contributed by atoms with Crippen molar-refractivity contribution in [2.45, 2.75) is 24.8 Å². The lowest BCUT2D eigenvalue weighted by atomic mass is 10.2. The molecule has 1 aliphatic rings. The summed E-state index contributed by atoms with van der Waals surface area (Å²) in [5.74, 6) is 1.59. The van der Waals surface area contributed by atoms with Crippen LogP contribution >= 0.6 is 11.8 Å². The van der Waals surface area contributed by atoms with Crippen LogP contribution < -0.4 is 9.62 Å². The molecule has 0 bridgehead atoms. The Labute approximate surface area is 127 Å². The number of nitro benzene ring substituents is 1. The molecule has 1 N–H and O–H groups in total. The second-order valence-electron chi connectivity index (χ2n) is 4.98. The van der Waals surface area contributed by atoms with Gasteiger partial charge in [-0.1, -0.05) is 0 Å². The zero-order chi connectivity index (χ0) is 15.6. The first-order chi connectivity index (χ1) is 9.81. The average Bonchev–Trinajstić information content (AvgIpc) is 2.90. The lowest BCUT2D eigenvalue weighted by Gasteiger charge is -2.17. The van der Waals surface area contributed by atoms with Crippen molar-refractivity contribution in [1.29, 1.82) is 0 Å². The summed E-state index contributed by atoms with van der Waals surface area (Å²) in [6, 6.07) is 3.78. The minimum atomic E-state index is -3.73. The minimum Gasteiger partial charge on any atom is -0.356 e. The number of benzene rings is 1. The van der Waals surface area contributed by atoms with Gasteiger partial charge in [0.25, 0.3) is 5.69 Å². The van der Waals surface area contributed by atoms with Gasteiger partial charge in [0.1, 0.15) is 5.69 Å². The Bertz CT molecular complexity index is 640. The molecule has 0 spiro atoms. The quantitative estimate of drug-likeness (QED) is 0.653. The molecule has 0 aromatic heterocycles. The van der Waals surface area contributed by atoms with E-state index in [4.69, 9.17) is 0 Å². The van der Waals surface area contributed by atoms with E-state index in [2.05, 4.69) is 4.72 Å². The molecule has 1 aliphatic heterocycles. The Morgan fingerprint density at radius 3 is 2.67 bits per heavy atom. The molecule has 0 radical (unpaired) electrons. The van der Waals surface area contributed by atoms with Crippen molar-refractivity contribution < 1.29 is 13.3 Å². The van der Waals surface area contributed by atoms with Crippen molar-refractivity contribution in [3.05, 3.63) is 28.3 Å². The highest BCUT2D eigenvalue weighted by atomic mass is 32.2. The zero-order valence-electron chi connectivity index (χ0n) is 11.8. The number of anilines is 1. The summed E-state index contributed by atoms with van der Waals surface area (Å²) in [5.41, 5.74) is 0.289. The number of thioether (sulfide) groups is 1. The number of nitrogens with one attached hydrogen (secondary N) is 1. The van der Waals surface area contributed by atoms with Gasteiger partial charge in [-0.15, -0.1) is 11.8 Å². The Hall–Kier alpha value is -1.32. The summed E-state index contributed by atoms with van der Waals surface area (Å²) in [5, 5.41) is 11.2. The number of hydrogen-bond donors (Lipinski definition) is 1. The molecule has 2 rings (SSSR count). The third-order valence-electron chi connectivity index (χ3n) is 2.94. The standard InChI is InChI=1S/C12H17N3O4S2/c1-9(2)13-21(18,19)10-3-4-11(12(7-10)15(16)17)14-5-6-20-8-14/h3-4,7,9,13H,5-6,8H2,1-2H3. The van der Waals surface area contributed by atoms with Crippen LogP contribution in [0.3, 0.4) is 0 Å². The summed E-state index contributed by atoms with van der Waals surface area (Å²) < 4.78 is 26.6. The molecule has 1 saturated heterocycles. The summed E-state index contributed by atoms with van der Waals surface area (Å²) in [7, 11) is -3.73. The number of nitrogens with zero attached hydrogens (tertiary/aromatic N) is 2. The number of hydrogen-bond acceptors (Lipinski definition) is 6. The maximum absolute atomic E-state index is 12.1. The van der Waals surface area contributed by atoms with Crippen LogP contribution in [-0.2, 0) is 10.0 Å². The fourth-order valence-corrected chi connectivity index (χ4v) is 4.30. The molecule has 0 amide bonds. The summed E-state index contributed by atoms with van der Waals surface area (Å²) in [4.78, 5) is 12.5. The highest BCUT2D eigenvalue weighted by Gasteiger charge is 2.26. The first-order valence-electron chi connectivity index (χ1n) is 6.45. The maximum Gasteiger partial charge on any atom is 0.293 e. The molecule has 1 aromatic carbocycles. The highest BCUT2D eigenvalue weighted by molar-refractivity contribution is 7.99. The van der Waals surface area contributed by atoms with Gasteiger partial charge in [0.2, 0.25) is 10.0 Å². The molecule has 21 heavy (non-hydrogen) atoms. The van der Waals surface area contributed by atoms with E-state index in [1.165, 1.54) is 12.1 Å². The first kappa shape index (κ1) is 16.1. The predicted octanol–water partition coefficient (Wildman–Crippen LogP) is 1.79. The molecule has 116 valence electrons. The molecular formula is C12H17N3O4S2. The van der Waals surface area contributed by atoms with Crippen LogP contribution in [0.5, 0.6) is 0 Å². The normalized spacial score (nSPS) is 15.7. The second-order valence-corrected chi connectivity index (χ2v) is 7.77. The van der Waals surface area contributed by atoms with E-state index in [0.29, 0.717) is 11.6 Å². The van der Waals surface area contributed by atoms with Gasteiger partial charge in [-0.05, 0) is 26.0 Å². The molecule has 1 fully saturated rings. The van der Waals surface area contributed by atoms with Crippen LogP contribution in [0.25, 0.3) is 0 Å². The maximum atomic E-state index is 12.1. The Morgan fingerprint density at radius 2 is 2.14 bits per heavy atom. The van der Waals surface area contributed by atoms with E-state index in [1.54, 1.807) is 25.6 Å². The lowest BCUT2D eigenvalue weighted by molar-refractivity contribution is -0.384. The third kappa shape index (κ3) is 3.66. The molecule has 1 heterocycles. The Balaban J connectivity index is 2.43. The van der Waals surface area contributed by atoms with Gasteiger partial charge in [0.05, 0.1) is 15.7 Å². The van der Waals surface area contributed by atoms with Crippen molar-refractivity contribution in [3.8, 4) is 0 Å². The Kier molecular flexibility index (Phi) is 4.74.